The first-order valence-electron chi connectivity index (χ1n) is 6.93. The maximum atomic E-state index is 11.4. The number of methoxy groups -OCH3 is 1. The van der Waals surface area contributed by atoms with Crippen LogP contribution in [0.25, 0.3) is 0 Å². The summed E-state index contributed by atoms with van der Waals surface area (Å²) in [7, 11) is 1.36. The van der Waals surface area contributed by atoms with Crippen molar-refractivity contribution in [1.29, 1.82) is 0 Å². The van der Waals surface area contributed by atoms with Crippen LogP contribution in [0.2, 0.25) is 0 Å². The number of aliphatic imine (C=N–C) groups is 1. The first-order valence-corrected chi connectivity index (χ1v) is 6.93. The van der Waals surface area contributed by atoms with Gasteiger partial charge >= 0.3 is 5.97 Å². The number of benzene rings is 2. The van der Waals surface area contributed by atoms with E-state index >= 15 is 0 Å². The van der Waals surface area contributed by atoms with Gasteiger partial charge < -0.3 is 4.74 Å². The first kappa shape index (κ1) is 14.3. The second-order valence-corrected chi connectivity index (χ2v) is 4.98. The van der Waals surface area contributed by atoms with Gasteiger partial charge in [0.25, 0.3) is 0 Å². The number of nitrogens with one attached hydrogen (secondary N) is 1. The number of ether oxygens (including phenoxy) is 1. The number of hydroxylamine groups is 1. The van der Waals surface area contributed by atoms with Gasteiger partial charge in [-0.05, 0) is 24.6 Å². The van der Waals surface area contributed by atoms with Gasteiger partial charge in [0, 0.05) is 11.1 Å². The molecule has 0 amide bonds. The normalized spacial score (nSPS) is 16.8. The molecule has 5 heteroatoms. The Labute approximate surface area is 128 Å². The highest BCUT2D eigenvalue weighted by Gasteiger charge is 2.21. The summed E-state index contributed by atoms with van der Waals surface area (Å²) in [6.45, 7) is 2.03. The van der Waals surface area contributed by atoms with E-state index in [-0.39, 0.29) is 5.97 Å². The van der Waals surface area contributed by atoms with E-state index in [9.17, 15) is 4.79 Å². The van der Waals surface area contributed by atoms with Gasteiger partial charge in [0.15, 0.2) is 5.84 Å². The van der Waals surface area contributed by atoms with Gasteiger partial charge in [-0.2, -0.15) is 0 Å². The summed E-state index contributed by atoms with van der Waals surface area (Å²) in [6.07, 6.45) is -0.429. The smallest absolute Gasteiger partial charge is 0.337 e. The highest BCUT2D eigenvalue weighted by Crippen LogP contribution is 2.24. The molecule has 0 spiro atoms. The Kier molecular flexibility index (Phi) is 3.89. The summed E-state index contributed by atoms with van der Waals surface area (Å²) in [5.41, 5.74) is 6.37. The maximum absolute atomic E-state index is 11.4. The molecule has 1 N–H and O–H groups in total. The van der Waals surface area contributed by atoms with E-state index in [1.54, 1.807) is 12.1 Å². The third-order valence-electron chi connectivity index (χ3n) is 3.53. The molecule has 0 aromatic heterocycles. The summed E-state index contributed by atoms with van der Waals surface area (Å²) in [6, 6.07) is 15.0. The molecule has 0 saturated carbocycles. The SMILES string of the molecule is COC(=O)c1ccc(C2N=C(c3ccccc3C)NO2)cc1. The predicted molar refractivity (Wildman–Crippen MR) is 82.5 cm³/mol. The molecule has 1 aliphatic heterocycles. The van der Waals surface area contributed by atoms with Crippen molar-refractivity contribution in [3.8, 4) is 0 Å². The summed E-state index contributed by atoms with van der Waals surface area (Å²) in [5, 5.41) is 0. The van der Waals surface area contributed by atoms with Gasteiger partial charge in [0.1, 0.15) is 0 Å². The number of hydrogen-bond acceptors (Lipinski definition) is 5. The summed E-state index contributed by atoms with van der Waals surface area (Å²) >= 11 is 0. The van der Waals surface area contributed by atoms with Crippen molar-refractivity contribution in [2.45, 2.75) is 13.2 Å². The Bertz CT molecular complexity index is 723. The van der Waals surface area contributed by atoms with Crippen LogP contribution >= 0.6 is 0 Å². The third kappa shape index (κ3) is 2.71. The Morgan fingerprint density at radius 2 is 1.91 bits per heavy atom. The van der Waals surface area contributed by atoms with E-state index in [4.69, 9.17) is 4.84 Å². The molecule has 0 bridgehead atoms. The third-order valence-corrected chi connectivity index (χ3v) is 3.53. The number of rotatable bonds is 3. The number of carbonyl (C=O) groups is 1. The lowest BCUT2D eigenvalue weighted by Gasteiger charge is -2.06. The fraction of sp³-hybridized carbons (Fsp3) is 0.176. The topological polar surface area (TPSA) is 59.9 Å². The van der Waals surface area contributed by atoms with Crippen LogP contribution in [0.1, 0.15) is 33.3 Å². The van der Waals surface area contributed by atoms with Crippen LogP contribution in [0.4, 0.5) is 0 Å². The van der Waals surface area contributed by atoms with Crippen molar-refractivity contribution in [2.24, 2.45) is 4.99 Å². The van der Waals surface area contributed by atoms with Crippen LogP contribution in [0.5, 0.6) is 0 Å². The molecule has 2 aromatic carbocycles. The van der Waals surface area contributed by atoms with Crippen molar-refractivity contribution in [3.63, 3.8) is 0 Å². The van der Waals surface area contributed by atoms with Crippen LogP contribution < -0.4 is 5.48 Å². The predicted octanol–water partition coefficient (Wildman–Crippen LogP) is 2.76. The lowest BCUT2D eigenvalue weighted by atomic mass is 10.1. The summed E-state index contributed by atoms with van der Waals surface area (Å²) < 4.78 is 4.68. The first-order chi connectivity index (χ1) is 10.7. The van der Waals surface area contributed by atoms with E-state index in [1.165, 1.54) is 7.11 Å². The number of carbonyl (C=O) groups excluding carboxylic acids is 1. The Morgan fingerprint density at radius 3 is 2.59 bits per heavy atom. The quantitative estimate of drug-likeness (QED) is 0.885. The van der Waals surface area contributed by atoms with E-state index in [2.05, 4.69) is 15.2 Å². The molecule has 2 aromatic rings. The highest BCUT2D eigenvalue weighted by molar-refractivity contribution is 6.00. The molecule has 3 rings (SSSR count). The van der Waals surface area contributed by atoms with Gasteiger partial charge in [-0.25, -0.2) is 20.1 Å². The van der Waals surface area contributed by atoms with Crippen molar-refractivity contribution in [3.05, 3.63) is 70.8 Å². The zero-order chi connectivity index (χ0) is 15.5. The lowest BCUT2D eigenvalue weighted by Crippen LogP contribution is -2.19. The van der Waals surface area contributed by atoms with E-state index in [0.29, 0.717) is 11.4 Å². The molecular weight excluding hydrogens is 280 g/mol. The minimum absolute atomic E-state index is 0.360. The fourth-order valence-electron chi connectivity index (χ4n) is 2.29. The van der Waals surface area contributed by atoms with Crippen LogP contribution in [0, 0.1) is 6.92 Å². The van der Waals surface area contributed by atoms with Crippen LogP contribution in [-0.2, 0) is 9.57 Å². The van der Waals surface area contributed by atoms with Crippen LogP contribution in [0.3, 0.4) is 0 Å². The van der Waals surface area contributed by atoms with Crippen molar-refractivity contribution >= 4 is 11.8 Å². The number of nitrogens with zero attached hydrogens (tertiary/aromatic N) is 1. The Balaban J connectivity index is 1.82. The number of hydrogen-bond donors (Lipinski definition) is 1. The highest BCUT2D eigenvalue weighted by atomic mass is 16.7. The van der Waals surface area contributed by atoms with Crippen molar-refractivity contribution < 1.29 is 14.4 Å². The minimum atomic E-state index is -0.429. The minimum Gasteiger partial charge on any atom is -0.465 e. The molecule has 22 heavy (non-hydrogen) atoms. The van der Waals surface area contributed by atoms with Gasteiger partial charge in [-0.1, -0.05) is 36.4 Å². The molecule has 5 nitrogen and oxygen atoms in total. The second kappa shape index (κ2) is 5.99. The zero-order valence-corrected chi connectivity index (χ0v) is 12.4. The molecule has 0 aliphatic carbocycles. The number of amidine groups is 1. The monoisotopic (exact) mass is 296 g/mol. The standard InChI is InChI=1S/C17H16N2O3/c1-11-5-3-4-6-14(11)15-18-16(22-19-15)12-7-9-13(10-8-12)17(20)21-2/h3-10,16H,1-2H3,(H,18,19). The van der Waals surface area contributed by atoms with Gasteiger partial charge in [0.2, 0.25) is 6.23 Å². The fourth-order valence-corrected chi connectivity index (χ4v) is 2.29. The molecule has 112 valence electrons. The average Bonchev–Trinajstić information content (AvgIpc) is 3.04. The zero-order valence-electron chi connectivity index (χ0n) is 12.4. The van der Waals surface area contributed by atoms with E-state index in [1.807, 2.05) is 43.3 Å². The molecule has 0 fully saturated rings. The maximum Gasteiger partial charge on any atom is 0.337 e. The van der Waals surface area contributed by atoms with Gasteiger partial charge in [0.05, 0.1) is 12.7 Å². The molecule has 0 radical (unpaired) electrons. The molecule has 1 aliphatic rings. The molecule has 1 atom stereocenters. The van der Waals surface area contributed by atoms with Crippen LogP contribution in [-0.4, -0.2) is 18.9 Å². The molecule has 0 saturated heterocycles. The molecule has 1 unspecified atom stereocenters. The van der Waals surface area contributed by atoms with Gasteiger partial charge in [-0.3, -0.25) is 0 Å². The molecular formula is C17H16N2O3. The van der Waals surface area contributed by atoms with E-state index in [0.717, 1.165) is 16.7 Å². The lowest BCUT2D eigenvalue weighted by molar-refractivity contribution is 0.0376. The van der Waals surface area contributed by atoms with Crippen molar-refractivity contribution in [2.75, 3.05) is 7.11 Å². The van der Waals surface area contributed by atoms with Crippen LogP contribution in [0.15, 0.2) is 53.5 Å². The largest absolute Gasteiger partial charge is 0.465 e. The second-order valence-electron chi connectivity index (χ2n) is 4.98. The average molecular weight is 296 g/mol. The van der Waals surface area contributed by atoms with E-state index < -0.39 is 6.23 Å². The Morgan fingerprint density at radius 1 is 1.18 bits per heavy atom. The number of aryl methyl sites for hydroxylation is 1. The molecule has 1 heterocycles. The summed E-state index contributed by atoms with van der Waals surface area (Å²) in [4.78, 5) is 21.5. The number of esters is 1. The summed E-state index contributed by atoms with van der Waals surface area (Å²) in [5.74, 6) is 0.348. The Hall–Kier alpha value is -2.66. The van der Waals surface area contributed by atoms with Gasteiger partial charge in [-0.15, -0.1) is 0 Å². The van der Waals surface area contributed by atoms with Crippen molar-refractivity contribution in [1.82, 2.24) is 5.48 Å².